The van der Waals surface area contributed by atoms with Gasteiger partial charge in [0, 0.05) is 9.65 Å². The molecule has 0 saturated heterocycles. The van der Waals surface area contributed by atoms with Crippen LogP contribution in [-0.4, -0.2) is 19.0 Å². The molecule has 0 aromatic heterocycles. The van der Waals surface area contributed by atoms with E-state index in [4.69, 9.17) is 4.74 Å². The Balaban J connectivity index is 2.18. The van der Waals surface area contributed by atoms with E-state index in [1.807, 2.05) is 31.2 Å². The van der Waals surface area contributed by atoms with Crippen molar-refractivity contribution in [3.05, 3.63) is 69.3 Å². The largest absolute Gasteiger partial charge is 0.465 e. The predicted molar refractivity (Wildman–Crippen MR) is 99.2 cm³/mol. The maximum atomic E-state index is 12.2. The van der Waals surface area contributed by atoms with Crippen molar-refractivity contribution in [2.45, 2.75) is 6.92 Å². The van der Waals surface area contributed by atoms with Gasteiger partial charge in [0.05, 0.1) is 18.4 Å². The molecule has 5 heteroatoms. The van der Waals surface area contributed by atoms with Crippen LogP contribution in [0.4, 0.5) is 5.69 Å². The van der Waals surface area contributed by atoms with E-state index in [0.29, 0.717) is 11.3 Å². The fourth-order valence-electron chi connectivity index (χ4n) is 2.04. The van der Waals surface area contributed by atoms with E-state index >= 15 is 0 Å². The van der Waals surface area contributed by atoms with Crippen LogP contribution in [0.25, 0.3) is 5.57 Å². The smallest absolute Gasteiger partial charge is 0.339 e. The zero-order chi connectivity index (χ0) is 16.8. The van der Waals surface area contributed by atoms with E-state index in [0.717, 1.165) is 14.7 Å². The molecule has 1 amide bonds. The number of amides is 1. The standard InChI is InChI=1S/C18H16INO3/c1-12(13-7-9-14(19)10-8-13)11-17(21)20-16-6-4-3-5-15(16)18(22)23-2/h3-11H,1-2H3,(H,20,21)/b12-11-. The summed E-state index contributed by atoms with van der Waals surface area (Å²) in [7, 11) is 1.31. The lowest BCUT2D eigenvalue weighted by molar-refractivity contribution is -0.111. The summed E-state index contributed by atoms with van der Waals surface area (Å²) in [5, 5.41) is 2.72. The second kappa shape index (κ2) is 7.92. The van der Waals surface area contributed by atoms with Gasteiger partial charge in [0.1, 0.15) is 0 Å². The number of benzene rings is 2. The van der Waals surface area contributed by atoms with Crippen LogP contribution in [0.15, 0.2) is 54.6 Å². The Morgan fingerprint density at radius 2 is 1.74 bits per heavy atom. The number of anilines is 1. The van der Waals surface area contributed by atoms with Crippen LogP contribution in [0.5, 0.6) is 0 Å². The molecule has 23 heavy (non-hydrogen) atoms. The number of allylic oxidation sites excluding steroid dienone is 1. The van der Waals surface area contributed by atoms with Crippen LogP contribution < -0.4 is 5.32 Å². The number of hydrogen-bond acceptors (Lipinski definition) is 3. The van der Waals surface area contributed by atoms with Crippen LogP contribution in [0, 0.1) is 3.57 Å². The Hall–Kier alpha value is -2.15. The molecule has 2 aromatic carbocycles. The Morgan fingerprint density at radius 3 is 2.39 bits per heavy atom. The number of nitrogens with one attached hydrogen (secondary N) is 1. The number of carbonyl (C=O) groups is 2. The Kier molecular flexibility index (Phi) is 5.92. The van der Waals surface area contributed by atoms with Crippen LogP contribution >= 0.6 is 22.6 Å². The normalized spacial score (nSPS) is 11.0. The molecule has 0 heterocycles. The molecule has 0 aliphatic carbocycles. The second-order valence-corrected chi connectivity index (χ2v) is 6.11. The van der Waals surface area contributed by atoms with Crippen molar-refractivity contribution in [3.8, 4) is 0 Å². The highest BCUT2D eigenvalue weighted by atomic mass is 127. The number of halogens is 1. The Labute approximate surface area is 148 Å². The van der Waals surface area contributed by atoms with Gasteiger partial charge in [-0.1, -0.05) is 24.3 Å². The number of para-hydroxylation sites is 1. The molecule has 2 rings (SSSR count). The first-order valence-electron chi connectivity index (χ1n) is 6.94. The molecule has 0 bridgehead atoms. The van der Waals surface area contributed by atoms with Gasteiger partial charge in [-0.2, -0.15) is 0 Å². The molecule has 1 N–H and O–H groups in total. The average Bonchev–Trinajstić information content (AvgIpc) is 2.55. The van der Waals surface area contributed by atoms with Gasteiger partial charge in [-0.05, 0) is 64.9 Å². The molecule has 0 aliphatic heterocycles. The quantitative estimate of drug-likeness (QED) is 0.459. The van der Waals surface area contributed by atoms with Crippen LogP contribution in [0.3, 0.4) is 0 Å². The summed E-state index contributed by atoms with van der Waals surface area (Å²) in [6.45, 7) is 1.87. The monoisotopic (exact) mass is 421 g/mol. The summed E-state index contributed by atoms with van der Waals surface area (Å²) in [6, 6.07) is 14.6. The second-order valence-electron chi connectivity index (χ2n) is 4.86. The summed E-state index contributed by atoms with van der Waals surface area (Å²) in [6.07, 6.45) is 1.51. The first kappa shape index (κ1) is 17.2. The summed E-state index contributed by atoms with van der Waals surface area (Å²) in [5.74, 6) is -0.781. The third-order valence-corrected chi connectivity index (χ3v) is 3.96. The minimum Gasteiger partial charge on any atom is -0.465 e. The number of hydrogen-bond donors (Lipinski definition) is 1. The molecule has 0 saturated carbocycles. The van der Waals surface area contributed by atoms with Gasteiger partial charge < -0.3 is 10.1 Å². The van der Waals surface area contributed by atoms with Crippen LogP contribution in [-0.2, 0) is 9.53 Å². The topological polar surface area (TPSA) is 55.4 Å². The van der Waals surface area contributed by atoms with Crippen molar-refractivity contribution in [1.82, 2.24) is 0 Å². The summed E-state index contributed by atoms with van der Waals surface area (Å²) in [4.78, 5) is 23.9. The Bertz CT molecular complexity index is 751. The van der Waals surface area contributed by atoms with Crippen molar-refractivity contribution in [2.24, 2.45) is 0 Å². The SMILES string of the molecule is COC(=O)c1ccccc1NC(=O)/C=C(/C)c1ccc(I)cc1. The highest BCUT2D eigenvalue weighted by Crippen LogP contribution is 2.18. The van der Waals surface area contributed by atoms with Crippen molar-refractivity contribution >= 4 is 45.7 Å². The third-order valence-electron chi connectivity index (χ3n) is 3.24. The van der Waals surface area contributed by atoms with Crippen molar-refractivity contribution in [1.29, 1.82) is 0 Å². The van der Waals surface area contributed by atoms with E-state index in [1.165, 1.54) is 13.2 Å². The molecule has 0 fully saturated rings. The molecule has 0 atom stereocenters. The lowest BCUT2D eigenvalue weighted by atomic mass is 10.1. The molecule has 2 aromatic rings. The van der Waals surface area contributed by atoms with E-state index in [1.54, 1.807) is 24.3 Å². The number of rotatable bonds is 4. The van der Waals surface area contributed by atoms with Gasteiger partial charge in [-0.25, -0.2) is 4.79 Å². The van der Waals surface area contributed by atoms with Gasteiger partial charge >= 0.3 is 5.97 Å². The summed E-state index contributed by atoms with van der Waals surface area (Å²) >= 11 is 2.23. The molecule has 118 valence electrons. The number of ether oxygens (including phenoxy) is 1. The van der Waals surface area contributed by atoms with Crippen LogP contribution in [0.2, 0.25) is 0 Å². The third kappa shape index (κ3) is 4.66. The Morgan fingerprint density at radius 1 is 1.09 bits per heavy atom. The van der Waals surface area contributed by atoms with Gasteiger partial charge in [-0.3, -0.25) is 4.79 Å². The fraction of sp³-hybridized carbons (Fsp3) is 0.111. The molecule has 0 spiro atoms. The molecule has 4 nitrogen and oxygen atoms in total. The molecule has 0 unspecified atom stereocenters. The van der Waals surface area contributed by atoms with Gasteiger partial charge in [0.25, 0.3) is 0 Å². The lowest BCUT2D eigenvalue weighted by Gasteiger charge is -2.08. The van der Waals surface area contributed by atoms with Gasteiger partial charge in [0.2, 0.25) is 5.91 Å². The predicted octanol–water partition coefficient (Wildman–Crippen LogP) is 4.12. The van der Waals surface area contributed by atoms with Crippen LogP contribution in [0.1, 0.15) is 22.8 Å². The van der Waals surface area contributed by atoms with Crippen molar-refractivity contribution < 1.29 is 14.3 Å². The van der Waals surface area contributed by atoms with E-state index in [2.05, 4.69) is 27.9 Å². The van der Waals surface area contributed by atoms with Crippen molar-refractivity contribution in [2.75, 3.05) is 12.4 Å². The summed E-state index contributed by atoms with van der Waals surface area (Å²) in [5.41, 5.74) is 2.57. The molecule has 0 radical (unpaired) electrons. The van der Waals surface area contributed by atoms with Crippen molar-refractivity contribution in [3.63, 3.8) is 0 Å². The zero-order valence-corrected chi connectivity index (χ0v) is 15.0. The fourth-order valence-corrected chi connectivity index (χ4v) is 2.40. The first-order chi connectivity index (χ1) is 11.0. The highest BCUT2D eigenvalue weighted by Gasteiger charge is 2.12. The average molecular weight is 421 g/mol. The maximum absolute atomic E-state index is 12.2. The minimum absolute atomic E-state index is 0.294. The molecular formula is C18H16INO3. The maximum Gasteiger partial charge on any atom is 0.339 e. The zero-order valence-electron chi connectivity index (χ0n) is 12.8. The molecular weight excluding hydrogens is 405 g/mol. The van der Waals surface area contributed by atoms with Gasteiger partial charge in [0.15, 0.2) is 0 Å². The van der Waals surface area contributed by atoms with E-state index in [-0.39, 0.29) is 5.91 Å². The van der Waals surface area contributed by atoms with E-state index in [9.17, 15) is 9.59 Å². The molecule has 0 aliphatic rings. The van der Waals surface area contributed by atoms with E-state index < -0.39 is 5.97 Å². The number of carbonyl (C=O) groups excluding carboxylic acids is 2. The first-order valence-corrected chi connectivity index (χ1v) is 8.01. The highest BCUT2D eigenvalue weighted by molar-refractivity contribution is 14.1. The number of methoxy groups -OCH3 is 1. The van der Waals surface area contributed by atoms with Gasteiger partial charge in [-0.15, -0.1) is 0 Å². The summed E-state index contributed by atoms with van der Waals surface area (Å²) < 4.78 is 5.85. The lowest BCUT2D eigenvalue weighted by Crippen LogP contribution is -2.13. The number of esters is 1. The minimum atomic E-state index is -0.487.